The number of hydrogen-bond acceptors (Lipinski definition) is 2. The molecule has 0 aliphatic rings. The predicted molar refractivity (Wildman–Crippen MR) is 104 cm³/mol. The van der Waals surface area contributed by atoms with Crippen LogP contribution >= 0.6 is 12.4 Å². The minimum absolute atomic E-state index is 0. The van der Waals surface area contributed by atoms with Crippen molar-refractivity contribution in [1.29, 1.82) is 0 Å². The Bertz CT molecular complexity index is 272. The number of unbranched alkanes of at least 4 members (excludes halogenated alkanes) is 9. The van der Waals surface area contributed by atoms with E-state index in [4.69, 9.17) is 5.73 Å². The first-order chi connectivity index (χ1) is 10.5. The Balaban J connectivity index is 0. The Morgan fingerprint density at radius 3 is 1.78 bits per heavy atom. The Hall–Kier alpha value is -0.280. The molecule has 0 aliphatic heterocycles. The highest BCUT2D eigenvalue weighted by molar-refractivity contribution is 5.85. The fourth-order valence-electron chi connectivity index (χ4n) is 2.84. The predicted octanol–water partition coefficient (Wildman–Crippen LogP) is 5.16. The van der Waals surface area contributed by atoms with Crippen LogP contribution in [0.1, 0.15) is 91.4 Å². The summed E-state index contributed by atoms with van der Waals surface area (Å²) in [4.78, 5) is 13.9. The van der Waals surface area contributed by atoms with E-state index in [1.54, 1.807) is 0 Å². The third-order valence-electron chi connectivity index (χ3n) is 4.27. The van der Waals surface area contributed by atoms with Crippen LogP contribution in [0.5, 0.6) is 0 Å². The molecule has 0 aromatic heterocycles. The second-order valence-corrected chi connectivity index (χ2v) is 7.18. The van der Waals surface area contributed by atoms with Crippen molar-refractivity contribution in [2.24, 2.45) is 11.7 Å². The normalized spacial score (nSPS) is 12.1. The first-order valence-corrected chi connectivity index (χ1v) is 9.49. The summed E-state index contributed by atoms with van der Waals surface area (Å²) in [6.07, 6.45) is 14.0. The summed E-state index contributed by atoms with van der Waals surface area (Å²) in [5.74, 6) is 0.578. The van der Waals surface area contributed by atoms with Gasteiger partial charge in [-0.3, -0.25) is 4.79 Å². The van der Waals surface area contributed by atoms with E-state index in [1.165, 1.54) is 57.8 Å². The van der Waals surface area contributed by atoms with E-state index >= 15 is 0 Å². The smallest absolute Gasteiger partial charge is 0.239 e. The van der Waals surface area contributed by atoms with Gasteiger partial charge in [-0.1, -0.05) is 78.6 Å². The largest absolute Gasteiger partial charge is 0.344 e. The lowest BCUT2D eigenvalue weighted by Gasteiger charge is -2.22. The zero-order chi connectivity index (χ0) is 16.8. The molecule has 0 heterocycles. The Kier molecular flexibility index (Phi) is 18.0. The maximum Gasteiger partial charge on any atom is 0.239 e. The van der Waals surface area contributed by atoms with Crippen molar-refractivity contribution in [2.75, 3.05) is 13.6 Å². The van der Waals surface area contributed by atoms with Gasteiger partial charge in [-0.05, 0) is 18.8 Å². The maximum absolute atomic E-state index is 12.1. The van der Waals surface area contributed by atoms with E-state index in [2.05, 4.69) is 20.8 Å². The first kappa shape index (κ1) is 25.0. The van der Waals surface area contributed by atoms with Gasteiger partial charge in [0.25, 0.3) is 0 Å². The molecule has 0 bridgehead atoms. The third-order valence-corrected chi connectivity index (χ3v) is 4.27. The Morgan fingerprint density at radius 1 is 0.913 bits per heavy atom. The number of likely N-dealkylation sites (N-methyl/N-ethyl adjacent to an activating group) is 1. The van der Waals surface area contributed by atoms with E-state index in [0.717, 1.165) is 19.4 Å². The summed E-state index contributed by atoms with van der Waals surface area (Å²) in [5.41, 5.74) is 5.95. The highest BCUT2D eigenvalue weighted by atomic mass is 35.5. The molecule has 0 radical (unpaired) electrons. The number of carbonyl (C=O) groups excluding carboxylic acids is 1. The number of carbonyl (C=O) groups is 1. The van der Waals surface area contributed by atoms with Gasteiger partial charge in [0.1, 0.15) is 0 Å². The van der Waals surface area contributed by atoms with Crippen molar-refractivity contribution in [2.45, 2.75) is 97.4 Å². The van der Waals surface area contributed by atoms with Crippen LogP contribution in [-0.2, 0) is 4.79 Å². The molecule has 0 aromatic carbocycles. The molecular formula is C19H41ClN2O. The number of hydrogen-bond donors (Lipinski definition) is 1. The van der Waals surface area contributed by atoms with Gasteiger partial charge in [0.2, 0.25) is 5.91 Å². The van der Waals surface area contributed by atoms with E-state index in [0.29, 0.717) is 5.92 Å². The monoisotopic (exact) mass is 348 g/mol. The molecule has 0 aliphatic carbocycles. The number of rotatable bonds is 14. The molecule has 0 saturated carbocycles. The minimum Gasteiger partial charge on any atom is -0.344 e. The van der Waals surface area contributed by atoms with E-state index in [-0.39, 0.29) is 24.4 Å². The molecule has 0 fully saturated rings. The van der Waals surface area contributed by atoms with Gasteiger partial charge in [0, 0.05) is 13.6 Å². The van der Waals surface area contributed by atoms with Gasteiger partial charge >= 0.3 is 0 Å². The highest BCUT2D eigenvalue weighted by Crippen LogP contribution is 2.11. The zero-order valence-electron chi connectivity index (χ0n) is 16.0. The topological polar surface area (TPSA) is 46.3 Å². The van der Waals surface area contributed by atoms with Gasteiger partial charge in [-0.15, -0.1) is 12.4 Å². The van der Waals surface area contributed by atoms with Crippen molar-refractivity contribution in [3.63, 3.8) is 0 Å². The number of amides is 1. The number of nitrogens with two attached hydrogens (primary N) is 1. The SMILES string of the molecule is CCCCCCCCCCCCN(C)C(=O)C(N)CC(C)C.Cl. The van der Waals surface area contributed by atoms with Crippen LogP contribution in [0.3, 0.4) is 0 Å². The van der Waals surface area contributed by atoms with Crippen LogP contribution in [0.4, 0.5) is 0 Å². The molecule has 3 nitrogen and oxygen atoms in total. The third kappa shape index (κ3) is 15.0. The summed E-state index contributed by atoms with van der Waals surface area (Å²) in [5, 5.41) is 0. The fraction of sp³-hybridized carbons (Fsp3) is 0.947. The number of halogens is 1. The summed E-state index contributed by atoms with van der Waals surface area (Å²) < 4.78 is 0. The van der Waals surface area contributed by atoms with E-state index < -0.39 is 0 Å². The molecule has 0 rings (SSSR count). The van der Waals surface area contributed by atoms with Crippen LogP contribution in [0, 0.1) is 5.92 Å². The van der Waals surface area contributed by atoms with Crippen molar-refractivity contribution in [3.05, 3.63) is 0 Å². The highest BCUT2D eigenvalue weighted by Gasteiger charge is 2.18. The summed E-state index contributed by atoms with van der Waals surface area (Å²) in [6.45, 7) is 7.32. The number of nitrogens with zero attached hydrogens (tertiary/aromatic N) is 1. The van der Waals surface area contributed by atoms with Gasteiger partial charge < -0.3 is 10.6 Å². The molecule has 0 spiro atoms. The molecule has 0 saturated heterocycles. The molecule has 1 amide bonds. The molecule has 0 aromatic rings. The second kappa shape index (κ2) is 16.6. The van der Waals surface area contributed by atoms with Crippen LogP contribution in [0.15, 0.2) is 0 Å². The Labute approximate surface area is 151 Å². The average molecular weight is 349 g/mol. The second-order valence-electron chi connectivity index (χ2n) is 7.18. The van der Waals surface area contributed by atoms with Gasteiger partial charge in [-0.2, -0.15) is 0 Å². The molecule has 4 heteroatoms. The lowest BCUT2D eigenvalue weighted by molar-refractivity contribution is -0.131. The lowest BCUT2D eigenvalue weighted by Crippen LogP contribution is -2.42. The molecule has 140 valence electrons. The van der Waals surface area contributed by atoms with Crippen LogP contribution in [0.2, 0.25) is 0 Å². The van der Waals surface area contributed by atoms with Gasteiger partial charge in [0.15, 0.2) is 0 Å². The lowest BCUT2D eigenvalue weighted by atomic mass is 10.0. The summed E-state index contributed by atoms with van der Waals surface area (Å²) >= 11 is 0. The van der Waals surface area contributed by atoms with E-state index in [1.807, 2.05) is 11.9 Å². The first-order valence-electron chi connectivity index (χ1n) is 9.49. The van der Waals surface area contributed by atoms with Crippen LogP contribution in [0.25, 0.3) is 0 Å². The fourth-order valence-corrected chi connectivity index (χ4v) is 2.84. The van der Waals surface area contributed by atoms with Crippen molar-refractivity contribution in [3.8, 4) is 0 Å². The van der Waals surface area contributed by atoms with Gasteiger partial charge in [0.05, 0.1) is 6.04 Å². The molecule has 1 atom stereocenters. The molecule has 2 N–H and O–H groups in total. The summed E-state index contributed by atoms with van der Waals surface area (Å²) in [6, 6.07) is -0.326. The summed E-state index contributed by atoms with van der Waals surface area (Å²) in [7, 11) is 1.89. The quantitative estimate of drug-likeness (QED) is 0.440. The van der Waals surface area contributed by atoms with Crippen molar-refractivity contribution >= 4 is 18.3 Å². The van der Waals surface area contributed by atoms with Crippen LogP contribution < -0.4 is 5.73 Å². The van der Waals surface area contributed by atoms with Crippen LogP contribution in [-0.4, -0.2) is 30.4 Å². The van der Waals surface area contributed by atoms with Crippen molar-refractivity contribution < 1.29 is 4.79 Å². The molecular weight excluding hydrogens is 308 g/mol. The van der Waals surface area contributed by atoms with Crippen molar-refractivity contribution in [1.82, 2.24) is 4.90 Å². The van der Waals surface area contributed by atoms with Gasteiger partial charge in [-0.25, -0.2) is 0 Å². The zero-order valence-corrected chi connectivity index (χ0v) is 16.8. The molecule has 23 heavy (non-hydrogen) atoms. The molecule has 1 unspecified atom stereocenters. The Morgan fingerprint density at radius 2 is 1.35 bits per heavy atom. The standard InChI is InChI=1S/C19H40N2O.ClH/c1-5-6-7-8-9-10-11-12-13-14-15-21(4)19(22)18(20)16-17(2)3;/h17-18H,5-16,20H2,1-4H3;1H. The minimum atomic E-state index is -0.326. The average Bonchev–Trinajstić information content (AvgIpc) is 2.47. The van der Waals surface area contributed by atoms with E-state index in [9.17, 15) is 4.79 Å². The maximum atomic E-state index is 12.1.